The Morgan fingerprint density at radius 3 is 2.27 bits per heavy atom. The van der Waals surface area contributed by atoms with E-state index in [9.17, 15) is 0 Å². The average Bonchev–Trinajstić information content (AvgIpc) is 2.60. The summed E-state index contributed by atoms with van der Waals surface area (Å²) >= 11 is 10.6. The quantitative estimate of drug-likeness (QED) is 0.575. The van der Waals surface area contributed by atoms with Crippen LogP contribution in [0.1, 0.15) is 44.9 Å². The number of hydrogen-bond donors (Lipinski definition) is 1. The monoisotopic (exact) mass is 356 g/mol. The van der Waals surface area contributed by atoms with Gasteiger partial charge < -0.3 is 19.3 Å². The van der Waals surface area contributed by atoms with E-state index in [-0.39, 0.29) is 12.9 Å². The summed E-state index contributed by atoms with van der Waals surface area (Å²) in [5.41, 5.74) is 0. The van der Waals surface area contributed by atoms with Crippen molar-refractivity contribution in [2.24, 2.45) is 0 Å². The lowest BCUT2D eigenvalue weighted by Gasteiger charge is -2.22. The molecule has 1 unspecified atom stereocenters. The summed E-state index contributed by atoms with van der Waals surface area (Å²) in [5, 5.41) is 7.98. The van der Waals surface area contributed by atoms with Crippen LogP contribution in [0, 0.1) is 0 Å². The maximum Gasteiger partial charge on any atom is 0.157 e. The highest BCUT2D eigenvalue weighted by Gasteiger charge is 2.12. The molecule has 2 rings (SSSR count). The Labute approximate surface area is 144 Å². The van der Waals surface area contributed by atoms with E-state index in [2.05, 4.69) is 0 Å². The predicted molar refractivity (Wildman–Crippen MR) is 91.6 cm³/mol. The smallest absolute Gasteiger partial charge is 0.157 e. The SMILES string of the molecule is C1=COCCC1.ClCCCOC1CCCCO1.OCCCCl. The van der Waals surface area contributed by atoms with Crippen molar-refractivity contribution in [3.63, 3.8) is 0 Å². The molecule has 6 heteroatoms. The Balaban J connectivity index is 0.000000338. The van der Waals surface area contributed by atoms with Crippen molar-refractivity contribution in [3.8, 4) is 0 Å². The van der Waals surface area contributed by atoms with Crippen molar-refractivity contribution in [3.05, 3.63) is 12.3 Å². The maximum atomic E-state index is 7.98. The minimum Gasteiger partial charge on any atom is -0.502 e. The molecule has 0 bridgehead atoms. The van der Waals surface area contributed by atoms with Crippen molar-refractivity contribution in [2.75, 3.05) is 38.2 Å². The Morgan fingerprint density at radius 2 is 1.91 bits per heavy atom. The Bertz CT molecular complexity index is 224. The fourth-order valence-electron chi connectivity index (χ4n) is 1.66. The highest BCUT2D eigenvalue weighted by Crippen LogP contribution is 2.13. The largest absolute Gasteiger partial charge is 0.502 e. The van der Waals surface area contributed by atoms with Gasteiger partial charge in [-0.2, -0.15) is 0 Å². The molecule has 4 nitrogen and oxygen atoms in total. The molecule has 0 aliphatic carbocycles. The number of allylic oxidation sites excluding steroid dienone is 1. The number of aliphatic hydroxyl groups excluding tert-OH is 1. The Kier molecular flexibility index (Phi) is 19.0. The van der Waals surface area contributed by atoms with Crippen LogP contribution >= 0.6 is 23.2 Å². The van der Waals surface area contributed by atoms with E-state index in [1.54, 1.807) is 6.26 Å². The number of ether oxygens (including phenoxy) is 3. The van der Waals surface area contributed by atoms with Crippen LogP contribution in [0.3, 0.4) is 0 Å². The third-order valence-electron chi connectivity index (χ3n) is 2.84. The van der Waals surface area contributed by atoms with E-state index in [1.165, 1.54) is 25.7 Å². The summed E-state index contributed by atoms with van der Waals surface area (Å²) in [6, 6.07) is 0. The second-order valence-corrected chi connectivity index (χ2v) is 5.62. The third kappa shape index (κ3) is 16.4. The molecule has 0 radical (unpaired) electrons. The van der Waals surface area contributed by atoms with E-state index in [1.807, 2.05) is 6.08 Å². The van der Waals surface area contributed by atoms with Gasteiger partial charge in [0.2, 0.25) is 0 Å². The molecule has 1 N–H and O–H groups in total. The number of aliphatic hydroxyl groups is 1. The summed E-state index contributed by atoms with van der Waals surface area (Å²) < 4.78 is 15.7. The molecule has 0 saturated carbocycles. The van der Waals surface area contributed by atoms with Crippen molar-refractivity contribution in [2.45, 2.75) is 51.2 Å². The molecule has 0 aromatic rings. The summed E-state index contributed by atoms with van der Waals surface area (Å²) in [4.78, 5) is 0. The van der Waals surface area contributed by atoms with Crippen LogP contribution in [0.4, 0.5) is 0 Å². The van der Waals surface area contributed by atoms with Crippen LogP contribution in [0.25, 0.3) is 0 Å². The molecule has 0 spiro atoms. The van der Waals surface area contributed by atoms with Gasteiger partial charge in [-0.25, -0.2) is 0 Å². The molecule has 2 aliphatic heterocycles. The van der Waals surface area contributed by atoms with Crippen molar-refractivity contribution < 1.29 is 19.3 Å². The van der Waals surface area contributed by atoms with E-state index >= 15 is 0 Å². The molecular formula is C16H30Cl2O4. The third-order valence-corrected chi connectivity index (χ3v) is 3.37. The van der Waals surface area contributed by atoms with Gasteiger partial charge in [0.05, 0.1) is 19.5 Å². The lowest BCUT2D eigenvalue weighted by molar-refractivity contribution is -0.162. The van der Waals surface area contributed by atoms with Crippen LogP contribution in [0.2, 0.25) is 0 Å². The van der Waals surface area contributed by atoms with Crippen molar-refractivity contribution in [1.82, 2.24) is 0 Å². The van der Waals surface area contributed by atoms with Crippen LogP contribution in [0.15, 0.2) is 12.3 Å². The zero-order valence-corrected chi connectivity index (χ0v) is 14.9. The fraction of sp³-hybridized carbons (Fsp3) is 0.875. The lowest BCUT2D eigenvalue weighted by Crippen LogP contribution is -2.22. The van der Waals surface area contributed by atoms with Gasteiger partial charge in [-0.05, 0) is 51.0 Å². The molecule has 132 valence electrons. The molecule has 0 aromatic carbocycles. The summed E-state index contributed by atoms with van der Waals surface area (Å²) in [6.45, 7) is 2.71. The number of hydrogen-bond acceptors (Lipinski definition) is 4. The average molecular weight is 357 g/mol. The highest BCUT2D eigenvalue weighted by molar-refractivity contribution is 6.18. The lowest BCUT2D eigenvalue weighted by atomic mass is 10.2. The van der Waals surface area contributed by atoms with Gasteiger partial charge in [0, 0.05) is 25.0 Å². The first-order valence-electron chi connectivity index (χ1n) is 8.07. The zero-order valence-electron chi connectivity index (χ0n) is 13.4. The second kappa shape index (κ2) is 19.0. The molecular weight excluding hydrogens is 327 g/mol. The van der Waals surface area contributed by atoms with Crippen LogP contribution < -0.4 is 0 Å². The number of rotatable bonds is 6. The maximum absolute atomic E-state index is 7.98. The number of alkyl halides is 2. The molecule has 0 amide bonds. The van der Waals surface area contributed by atoms with E-state index in [4.69, 9.17) is 42.5 Å². The molecule has 1 saturated heterocycles. The normalized spacial score (nSPS) is 20.0. The van der Waals surface area contributed by atoms with Gasteiger partial charge in [-0.1, -0.05) is 0 Å². The Morgan fingerprint density at radius 1 is 1.09 bits per heavy atom. The summed E-state index contributed by atoms with van der Waals surface area (Å²) in [5.74, 6) is 1.24. The van der Waals surface area contributed by atoms with Gasteiger partial charge >= 0.3 is 0 Å². The first-order chi connectivity index (χ1) is 10.8. The standard InChI is InChI=1S/C8H15ClO2.C5H8O.C3H7ClO/c9-5-3-7-11-8-4-1-2-6-10-8;1-2-4-6-5-3-1;4-2-1-3-5/h8H,1-7H2;2,4H,1,3,5H2;5H,1-3H2. The number of halogens is 2. The molecule has 1 fully saturated rings. The minimum atomic E-state index is 0.0481. The Hall–Kier alpha value is -0.0000000000000000555. The molecule has 0 aromatic heterocycles. The molecule has 22 heavy (non-hydrogen) atoms. The first-order valence-corrected chi connectivity index (χ1v) is 9.14. The van der Waals surface area contributed by atoms with Gasteiger partial charge in [0.1, 0.15) is 0 Å². The van der Waals surface area contributed by atoms with Crippen molar-refractivity contribution >= 4 is 23.2 Å². The van der Waals surface area contributed by atoms with E-state index in [0.717, 1.165) is 32.7 Å². The van der Waals surface area contributed by atoms with Crippen molar-refractivity contribution in [1.29, 1.82) is 0 Å². The fourth-order valence-corrected chi connectivity index (χ4v) is 1.89. The van der Waals surface area contributed by atoms with Gasteiger partial charge in [0.15, 0.2) is 6.29 Å². The van der Waals surface area contributed by atoms with Gasteiger partial charge in [-0.15, -0.1) is 23.2 Å². The van der Waals surface area contributed by atoms with E-state index in [0.29, 0.717) is 18.2 Å². The first kappa shape index (κ1) is 22.0. The minimum absolute atomic E-state index is 0.0481. The van der Waals surface area contributed by atoms with Crippen LogP contribution in [-0.2, 0) is 14.2 Å². The topological polar surface area (TPSA) is 47.9 Å². The molecule has 2 heterocycles. The van der Waals surface area contributed by atoms with Crippen LogP contribution in [0.5, 0.6) is 0 Å². The second-order valence-electron chi connectivity index (χ2n) is 4.86. The van der Waals surface area contributed by atoms with E-state index < -0.39 is 0 Å². The van der Waals surface area contributed by atoms with Gasteiger partial charge in [0.25, 0.3) is 0 Å². The van der Waals surface area contributed by atoms with Gasteiger partial charge in [-0.3, -0.25) is 0 Å². The zero-order chi connectivity index (χ0) is 16.3. The summed E-state index contributed by atoms with van der Waals surface area (Å²) in [7, 11) is 0. The summed E-state index contributed by atoms with van der Waals surface area (Å²) in [6.07, 6.45) is 11.3. The molecule has 2 aliphatic rings. The highest BCUT2D eigenvalue weighted by atomic mass is 35.5. The molecule has 1 atom stereocenters. The van der Waals surface area contributed by atoms with Crippen LogP contribution in [-0.4, -0.2) is 49.6 Å². The predicted octanol–water partition coefficient (Wildman–Crippen LogP) is 4.08.